The molecule has 0 radical (unpaired) electrons. The molecule has 0 aromatic heterocycles. The highest BCUT2D eigenvalue weighted by atomic mass is 35.5. The minimum atomic E-state index is -3.91. The van der Waals surface area contributed by atoms with Gasteiger partial charge in [-0.3, -0.25) is 4.79 Å². The van der Waals surface area contributed by atoms with E-state index in [0.29, 0.717) is 5.69 Å². The van der Waals surface area contributed by atoms with Gasteiger partial charge in [-0.15, -0.1) is 0 Å². The summed E-state index contributed by atoms with van der Waals surface area (Å²) in [6.07, 6.45) is 0. The number of hydrogen-bond acceptors (Lipinski definition) is 3. The topological polar surface area (TPSA) is 89.3 Å². The number of nitrogens with one attached hydrogen (secondary N) is 1. The van der Waals surface area contributed by atoms with E-state index >= 15 is 0 Å². The van der Waals surface area contributed by atoms with E-state index in [1.165, 1.54) is 18.2 Å². The number of hydrogen-bond donors (Lipinski definition) is 2. The maximum absolute atomic E-state index is 11.8. The number of rotatable bonds is 2. The molecule has 1 amide bonds. The SMILES string of the molecule is CC(C)(C)C(=O)Nc1ccc(Cl)c(S(N)(=O)=O)c1. The molecule has 5 nitrogen and oxygen atoms in total. The Bertz CT molecular complexity index is 576. The van der Waals surface area contributed by atoms with E-state index in [1.807, 2.05) is 0 Å². The molecule has 1 aromatic carbocycles. The fourth-order valence-electron chi connectivity index (χ4n) is 1.12. The molecule has 0 saturated heterocycles. The predicted molar refractivity (Wildman–Crippen MR) is 70.9 cm³/mol. The van der Waals surface area contributed by atoms with Gasteiger partial charge in [0.15, 0.2) is 0 Å². The van der Waals surface area contributed by atoms with Crippen molar-refractivity contribution in [2.75, 3.05) is 5.32 Å². The summed E-state index contributed by atoms with van der Waals surface area (Å²) in [5, 5.41) is 7.64. The van der Waals surface area contributed by atoms with Crippen molar-refractivity contribution in [1.82, 2.24) is 0 Å². The van der Waals surface area contributed by atoms with Crippen LogP contribution in [0.3, 0.4) is 0 Å². The largest absolute Gasteiger partial charge is 0.326 e. The number of benzene rings is 1. The van der Waals surface area contributed by atoms with Gasteiger partial charge in [-0.2, -0.15) is 0 Å². The second-order valence-corrected chi connectivity index (χ2v) is 6.83. The third-order valence-corrected chi connectivity index (χ3v) is 3.57. The molecular weight excluding hydrogens is 276 g/mol. The smallest absolute Gasteiger partial charge is 0.239 e. The van der Waals surface area contributed by atoms with Gasteiger partial charge in [-0.1, -0.05) is 32.4 Å². The molecule has 0 atom stereocenters. The summed E-state index contributed by atoms with van der Waals surface area (Å²) < 4.78 is 22.5. The molecule has 1 rings (SSSR count). The fourth-order valence-corrected chi connectivity index (χ4v) is 2.19. The summed E-state index contributed by atoms with van der Waals surface area (Å²) in [6.45, 7) is 5.25. The van der Waals surface area contributed by atoms with Crippen molar-refractivity contribution in [3.8, 4) is 0 Å². The molecule has 0 heterocycles. The number of anilines is 1. The highest BCUT2D eigenvalue weighted by Gasteiger charge is 2.22. The van der Waals surface area contributed by atoms with Crippen molar-refractivity contribution in [1.29, 1.82) is 0 Å². The minimum Gasteiger partial charge on any atom is -0.326 e. The lowest BCUT2D eigenvalue weighted by Gasteiger charge is -2.18. The highest BCUT2D eigenvalue weighted by Crippen LogP contribution is 2.25. The Labute approximate surface area is 111 Å². The first-order chi connectivity index (χ1) is 8.01. The summed E-state index contributed by atoms with van der Waals surface area (Å²) in [7, 11) is -3.91. The Hall–Kier alpha value is -1.11. The number of primary sulfonamides is 1. The maximum atomic E-state index is 11.8. The Morgan fingerprint density at radius 3 is 2.33 bits per heavy atom. The Kier molecular flexibility index (Phi) is 4.05. The zero-order chi connectivity index (χ0) is 14.1. The number of carbonyl (C=O) groups is 1. The summed E-state index contributed by atoms with van der Waals surface area (Å²) in [5.74, 6) is -0.231. The molecule has 0 aliphatic heterocycles. The van der Waals surface area contributed by atoms with Gasteiger partial charge >= 0.3 is 0 Å². The normalized spacial score (nSPS) is 12.3. The van der Waals surface area contributed by atoms with Crippen LogP contribution in [0.4, 0.5) is 5.69 Å². The van der Waals surface area contributed by atoms with Crippen LogP contribution < -0.4 is 10.5 Å². The molecule has 0 aliphatic rings. The van der Waals surface area contributed by atoms with Crippen molar-refractivity contribution < 1.29 is 13.2 Å². The first-order valence-corrected chi connectivity index (χ1v) is 7.08. The standard InChI is InChI=1S/C11H15ClN2O3S/c1-11(2,3)10(15)14-7-4-5-8(12)9(6-7)18(13,16)17/h4-6H,1-3H3,(H,14,15)(H2,13,16,17). The fraction of sp³-hybridized carbons (Fsp3) is 0.364. The Morgan fingerprint density at radius 1 is 1.33 bits per heavy atom. The zero-order valence-corrected chi connectivity index (χ0v) is 11.9. The average molecular weight is 291 g/mol. The molecular formula is C11H15ClN2O3S. The van der Waals surface area contributed by atoms with Crippen molar-refractivity contribution >= 4 is 33.2 Å². The van der Waals surface area contributed by atoms with E-state index in [4.69, 9.17) is 16.7 Å². The molecule has 0 aliphatic carbocycles. The van der Waals surface area contributed by atoms with Crippen molar-refractivity contribution in [3.05, 3.63) is 23.2 Å². The van der Waals surface area contributed by atoms with Crippen LogP contribution in [0.15, 0.2) is 23.1 Å². The van der Waals surface area contributed by atoms with Gasteiger partial charge < -0.3 is 5.32 Å². The van der Waals surface area contributed by atoms with E-state index in [2.05, 4.69) is 5.32 Å². The van der Waals surface area contributed by atoms with Crippen LogP contribution in [0.25, 0.3) is 0 Å². The van der Waals surface area contributed by atoms with Crippen molar-refractivity contribution in [3.63, 3.8) is 0 Å². The predicted octanol–water partition coefficient (Wildman–Crippen LogP) is 1.97. The lowest BCUT2D eigenvalue weighted by atomic mass is 9.95. The van der Waals surface area contributed by atoms with Gasteiger partial charge in [-0.25, -0.2) is 13.6 Å². The average Bonchev–Trinajstić information content (AvgIpc) is 2.17. The molecule has 0 saturated carbocycles. The molecule has 18 heavy (non-hydrogen) atoms. The summed E-state index contributed by atoms with van der Waals surface area (Å²) in [6, 6.07) is 4.13. The minimum absolute atomic E-state index is 0.0197. The number of halogens is 1. The number of nitrogens with two attached hydrogens (primary N) is 1. The summed E-state index contributed by atoms with van der Waals surface area (Å²) >= 11 is 5.74. The lowest BCUT2D eigenvalue weighted by molar-refractivity contribution is -0.123. The van der Waals surface area contributed by atoms with E-state index < -0.39 is 15.4 Å². The molecule has 3 N–H and O–H groups in total. The van der Waals surface area contributed by atoms with Gasteiger partial charge in [0.2, 0.25) is 15.9 Å². The molecule has 100 valence electrons. The van der Waals surface area contributed by atoms with Crippen LogP contribution in [-0.4, -0.2) is 14.3 Å². The van der Waals surface area contributed by atoms with Gasteiger partial charge in [0.25, 0.3) is 0 Å². The molecule has 0 fully saturated rings. The van der Waals surface area contributed by atoms with Crippen molar-refractivity contribution in [2.24, 2.45) is 10.6 Å². The van der Waals surface area contributed by atoms with E-state index in [9.17, 15) is 13.2 Å². The van der Waals surface area contributed by atoms with Gasteiger partial charge in [-0.05, 0) is 18.2 Å². The van der Waals surface area contributed by atoms with E-state index in [1.54, 1.807) is 20.8 Å². The van der Waals surface area contributed by atoms with Crippen LogP contribution in [0, 0.1) is 5.41 Å². The number of amides is 1. The quantitative estimate of drug-likeness (QED) is 0.872. The van der Waals surface area contributed by atoms with Gasteiger partial charge in [0.1, 0.15) is 4.90 Å². The first-order valence-electron chi connectivity index (χ1n) is 5.15. The molecule has 0 unspecified atom stereocenters. The molecule has 0 spiro atoms. The number of carbonyl (C=O) groups excluding carboxylic acids is 1. The zero-order valence-electron chi connectivity index (χ0n) is 10.3. The molecule has 7 heteroatoms. The third-order valence-electron chi connectivity index (χ3n) is 2.18. The van der Waals surface area contributed by atoms with E-state index in [-0.39, 0.29) is 15.8 Å². The lowest BCUT2D eigenvalue weighted by Crippen LogP contribution is -2.27. The molecule has 0 bridgehead atoms. The Balaban J connectivity index is 3.12. The highest BCUT2D eigenvalue weighted by molar-refractivity contribution is 7.89. The number of sulfonamides is 1. The van der Waals surface area contributed by atoms with E-state index in [0.717, 1.165) is 0 Å². The Morgan fingerprint density at radius 2 is 1.89 bits per heavy atom. The first kappa shape index (κ1) is 14.9. The van der Waals surface area contributed by atoms with Crippen LogP contribution >= 0.6 is 11.6 Å². The van der Waals surface area contributed by atoms with Gasteiger partial charge in [0.05, 0.1) is 5.02 Å². The monoisotopic (exact) mass is 290 g/mol. The summed E-state index contributed by atoms with van der Waals surface area (Å²) in [5.41, 5.74) is -0.246. The van der Waals surface area contributed by atoms with Crippen molar-refractivity contribution in [2.45, 2.75) is 25.7 Å². The van der Waals surface area contributed by atoms with Gasteiger partial charge in [0, 0.05) is 11.1 Å². The van der Waals surface area contributed by atoms with Crippen LogP contribution in [0.2, 0.25) is 5.02 Å². The second kappa shape index (κ2) is 4.87. The molecule has 1 aromatic rings. The second-order valence-electron chi connectivity index (χ2n) is 4.89. The summed E-state index contributed by atoms with van der Waals surface area (Å²) in [4.78, 5) is 11.5. The third kappa shape index (κ3) is 3.69. The van der Waals surface area contributed by atoms with Crippen LogP contribution in [0.1, 0.15) is 20.8 Å². The maximum Gasteiger partial charge on any atom is 0.239 e. The van der Waals surface area contributed by atoms with Crippen LogP contribution in [-0.2, 0) is 14.8 Å². The van der Waals surface area contributed by atoms with Crippen LogP contribution in [0.5, 0.6) is 0 Å².